The molecule has 144 valence electrons. The highest BCUT2D eigenvalue weighted by atomic mass is 16.5. The number of quaternary nitrogens is 2. The Bertz CT molecular complexity index is 384. The molecule has 0 radical (unpaired) electrons. The summed E-state index contributed by atoms with van der Waals surface area (Å²) < 4.78 is 13.8. The van der Waals surface area contributed by atoms with Crippen LogP contribution >= 0.6 is 0 Å². The number of rotatable bonds is 2. The average Bonchev–Trinajstić information content (AvgIpc) is 2.47. The van der Waals surface area contributed by atoms with E-state index in [1.807, 2.05) is 0 Å². The van der Waals surface area contributed by atoms with Gasteiger partial charge in [-0.2, -0.15) is 0 Å². The molecule has 4 nitrogen and oxygen atoms in total. The molecule has 0 aromatic carbocycles. The lowest BCUT2D eigenvalue weighted by atomic mass is 10.0. The van der Waals surface area contributed by atoms with E-state index < -0.39 is 0 Å². The van der Waals surface area contributed by atoms with Gasteiger partial charge in [0, 0.05) is 0 Å². The van der Waals surface area contributed by atoms with Gasteiger partial charge in [-0.1, -0.05) is 13.8 Å². The molecule has 2 saturated heterocycles. The molecule has 6 atom stereocenters. The van der Waals surface area contributed by atoms with Crippen LogP contribution in [0.4, 0.5) is 0 Å². The van der Waals surface area contributed by atoms with Gasteiger partial charge in [-0.15, -0.1) is 0 Å². The van der Waals surface area contributed by atoms with E-state index in [1.54, 1.807) is 0 Å². The largest absolute Gasteiger partial charge is 0.366 e. The molecule has 0 bridgehead atoms. The highest BCUT2D eigenvalue weighted by molar-refractivity contribution is 4.73. The lowest BCUT2D eigenvalue weighted by molar-refractivity contribution is -0.949. The van der Waals surface area contributed by atoms with Gasteiger partial charge < -0.3 is 18.4 Å². The van der Waals surface area contributed by atoms with Crippen molar-refractivity contribution in [3.8, 4) is 0 Å². The summed E-state index contributed by atoms with van der Waals surface area (Å²) >= 11 is 0. The normalized spacial score (nSPS) is 41.2. The highest BCUT2D eigenvalue weighted by Gasteiger charge is 2.41. The average molecular weight is 345 g/mol. The quantitative estimate of drug-likeness (QED) is 0.716. The van der Waals surface area contributed by atoms with Crippen LogP contribution in [0.25, 0.3) is 0 Å². The van der Waals surface area contributed by atoms with Gasteiger partial charge in [0.1, 0.15) is 43.0 Å². The summed E-state index contributed by atoms with van der Waals surface area (Å²) in [6.45, 7) is 15.4. The first kappa shape index (κ1) is 21.9. The Labute approximate surface area is 151 Å². The fraction of sp³-hybridized carbons (Fsp3) is 1.00. The number of likely N-dealkylation sites (N-methyl/N-ethyl adjacent to an activating group) is 2. The van der Waals surface area contributed by atoms with Crippen LogP contribution in [-0.2, 0) is 9.47 Å². The number of hydrogen-bond donors (Lipinski definition) is 0. The van der Waals surface area contributed by atoms with Crippen LogP contribution in [-0.4, -0.2) is 86.7 Å². The van der Waals surface area contributed by atoms with E-state index in [0.29, 0.717) is 36.4 Å². The van der Waals surface area contributed by atoms with Gasteiger partial charge in [0.05, 0.1) is 34.8 Å². The first-order chi connectivity index (χ1) is 11.0. The van der Waals surface area contributed by atoms with E-state index in [1.165, 1.54) is 6.42 Å². The minimum atomic E-state index is 0.418. The van der Waals surface area contributed by atoms with Gasteiger partial charge in [0.25, 0.3) is 0 Å². The minimum Gasteiger partial charge on any atom is -0.366 e. The van der Waals surface area contributed by atoms with Crippen molar-refractivity contribution in [2.45, 2.75) is 90.8 Å². The van der Waals surface area contributed by atoms with Crippen molar-refractivity contribution < 1.29 is 18.4 Å². The fourth-order valence-corrected chi connectivity index (χ4v) is 4.44. The third kappa shape index (κ3) is 4.94. The van der Waals surface area contributed by atoms with E-state index in [2.05, 4.69) is 69.7 Å². The molecule has 0 spiro atoms. The van der Waals surface area contributed by atoms with Gasteiger partial charge in [-0.25, -0.2) is 0 Å². The number of nitrogens with zero attached hydrogens (tertiary/aromatic N) is 2. The molecule has 0 saturated carbocycles. The van der Waals surface area contributed by atoms with Crippen LogP contribution in [0.2, 0.25) is 0 Å². The summed E-state index contributed by atoms with van der Waals surface area (Å²) in [6.07, 6.45) is 3.62. The Balaban J connectivity index is 0.000000240. The number of ether oxygens (including phenoxy) is 2. The highest BCUT2D eigenvalue weighted by Crippen LogP contribution is 2.26. The van der Waals surface area contributed by atoms with Crippen molar-refractivity contribution in [1.82, 2.24) is 0 Å². The lowest BCUT2D eigenvalue weighted by Crippen LogP contribution is -2.64. The van der Waals surface area contributed by atoms with Crippen LogP contribution in [0.1, 0.15) is 54.4 Å². The summed E-state index contributed by atoms with van der Waals surface area (Å²) in [5, 5.41) is 0. The van der Waals surface area contributed by atoms with Gasteiger partial charge in [-0.3, -0.25) is 0 Å². The van der Waals surface area contributed by atoms with Crippen molar-refractivity contribution in [2.75, 3.05) is 41.3 Å². The van der Waals surface area contributed by atoms with E-state index in [0.717, 1.165) is 28.5 Å². The van der Waals surface area contributed by atoms with Crippen molar-refractivity contribution >= 4 is 0 Å². The molecule has 2 fully saturated rings. The van der Waals surface area contributed by atoms with E-state index in [4.69, 9.17) is 9.47 Å². The Morgan fingerprint density at radius 1 is 0.917 bits per heavy atom. The summed E-state index contributed by atoms with van der Waals surface area (Å²) in [5.74, 6) is 0. The second-order valence-corrected chi connectivity index (χ2v) is 9.09. The zero-order valence-corrected chi connectivity index (χ0v) is 18.0. The SMILES string of the molecule is CCC1C(C)OCC(C)[N+]1(C)C.CCC1OC(C)C[N+](C)(C)C1C. The molecule has 0 aromatic rings. The molecule has 24 heavy (non-hydrogen) atoms. The molecule has 0 amide bonds. The number of morpholine rings is 2. The second-order valence-electron chi connectivity index (χ2n) is 9.09. The zero-order valence-electron chi connectivity index (χ0n) is 18.0. The fourth-order valence-electron chi connectivity index (χ4n) is 4.44. The predicted octanol–water partition coefficient (Wildman–Crippen LogP) is 3.30. The van der Waals surface area contributed by atoms with Gasteiger partial charge >= 0.3 is 0 Å². The Morgan fingerprint density at radius 3 is 1.96 bits per heavy atom. The minimum absolute atomic E-state index is 0.418. The van der Waals surface area contributed by atoms with Crippen LogP contribution in [0.5, 0.6) is 0 Å². The molecule has 0 aromatic heterocycles. The number of hydrogen-bond acceptors (Lipinski definition) is 2. The molecule has 0 N–H and O–H groups in total. The first-order valence-electron chi connectivity index (χ1n) is 9.90. The third-order valence-electron chi connectivity index (χ3n) is 6.73. The first-order valence-corrected chi connectivity index (χ1v) is 9.90. The van der Waals surface area contributed by atoms with Crippen LogP contribution < -0.4 is 0 Å². The van der Waals surface area contributed by atoms with Gasteiger partial charge in [0.2, 0.25) is 0 Å². The maximum Gasteiger partial charge on any atom is 0.115 e. The molecule has 2 rings (SSSR count). The van der Waals surface area contributed by atoms with Crippen molar-refractivity contribution in [2.24, 2.45) is 0 Å². The molecule has 2 aliphatic rings. The van der Waals surface area contributed by atoms with Crippen molar-refractivity contribution in [3.63, 3.8) is 0 Å². The van der Waals surface area contributed by atoms with Gasteiger partial charge in [0.15, 0.2) is 0 Å². The molecule has 0 aliphatic carbocycles. The Kier molecular flexibility index (Phi) is 7.73. The van der Waals surface area contributed by atoms with E-state index >= 15 is 0 Å². The summed E-state index contributed by atoms with van der Waals surface area (Å²) in [6, 6.07) is 1.92. The van der Waals surface area contributed by atoms with E-state index in [9.17, 15) is 0 Å². The van der Waals surface area contributed by atoms with Crippen LogP contribution in [0.3, 0.4) is 0 Å². The maximum absolute atomic E-state index is 5.87. The zero-order chi connectivity index (χ0) is 18.7. The van der Waals surface area contributed by atoms with Crippen LogP contribution in [0, 0.1) is 0 Å². The standard InChI is InChI=1S/2C10H22NO/c1-6-10-9(3)12-7-8(2)11(10,4)5;1-6-10-9(3)11(4,5)7-8(2)12-10/h2*8-10H,6-7H2,1-5H3/q2*+1. The molecule has 2 aliphatic heterocycles. The Hall–Kier alpha value is -0.160. The Morgan fingerprint density at radius 2 is 1.50 bits per heavy atom. The lowest BCUT2D eigenvalue weighted by Gasteiger charge is -2.48. The second kappa shape index (κ2) is 8.48. The molecular weight excluding hydrogens is 300 g/mol. The molecule has 6 unspecified atom stereocenters. The topological polar surface area (TPSA) is 18.5 Å². The molecule has 4 heteroatoms. The van der Waals surface area contributed by atoms with Crippen LogP contribution in [0.15, 0.2) is 0 Å². The van der Waals surface area contributed by atoms with Crippen molar-refractivity contribution in [3.05, 3.63) is 0 Å². The van der Waals surface area contributed by atoms with Gasteiger partial charge in [-0.05, 0) is 40.5 Å². The predicted molar refractivity (Wildman–Crippen MR) is 102 cm³/mol. The maximum atomic E-state index is 5.87. The summed E-state index contributed by atoms with van der Waals surface area (Å²) in [7, 11) is 9.23. The third-order valence-corrected chi connectivity index (χ3v) is 6.73. The monoisotopic (exact) mass is 344 g/mol. The summed E-state index contributed by atoms with van der Waals surface area (Å²) in [5.41, 5.74) is 0. The summed E-state index contributed by atoms with van der Waals surface area (Å²) in [4.78, 5) is 0. The molecule has 2 heterocycles. The molecular formula is C20H44N2O2+2. The van der Waals surface area contributed by atoms with Crippen molar-refractivity contribution in [1.29, 1.82) is 0 Å². The van der Waals surface area contributed by atoms with E-state index in [-0.39, 0.29) is 0 Å². The smallest absolute Gasteiger partial charge is 0.115 e.